The molecule has 3 aliphatic heterocycles. The van der Waals surface area contributed by atoms with Crippen LogP contribution in [0.3, 0.4) is 0 Å². The Bertz CT molecular complexity index is 1740. The van der Waals surface area contributed by atoms with Crippen molar-refractivity contribution in [3.8, 4) is 17.3 Å². The largest absolute Gasteiger partial charge is 0.461 e. The molecule has 3 saturated heterocycles. The van der Waals surface area contributed by atoms with Gasteiger partial charge in [0.05, 0.1) is 39.0 Å². The van der Waals surface area contributed by atoms with Gasteiger partial charge in [-0.25, -0.2) is 4.39 Å². The lowest BCUT2D eigenvalue weighted by Crippen LogP contribution is -2.46. The summed E-state index contributed by atoms with van der Waals surface area (Å²) in [5.41, 5.74) is 4.47. The Hall–Kier alpha value is -3.08. The average Bonchev–Trinajstić information content (AvgIpc) is 3.43. The maximum atomic E-state index is 14.5. The SMILES string of the molecule is Cc1cc2[nH]ncc2c(-c2ncc3c(N4CCC[C@@](C)(O)C4)nc(OC[C@@]45CCCN4C[C@H](F)C5)nc3c2Cl)c1C1CC1. The molecule has 8 rings (SSSR count). The monoisotopic (exact) mass is 605 g/mol. The number of aryl methyl sites for hydroxylation is 1. The molecule has 9 nitrogen and oxygen atoms in total. The lowest BCUT2D eigenvalue weighted by molar-refractivity contribution is 0.0447. The molecule has 1 saturated carbocycles. The van der Waals surface area contributed by atoms with Gasteiger partial charge >= 0.3 is 6.01 Å². The second-order valence-corrected chi connectivity index (χ2v) is 13.9. The number of ether oxygens (including phenoxy) is 1. The highest BCUT2D eigenvalue weighted by molar-refractivity contribution is 6.38. The van der Waals surface area contributed by atoms with Gasteiger partial charge in [-0.15, -0.1) is 0 Å². The van der Waals surface area contributed by atoms with E-state index in [1.807, 2.05) is 19.3 Å². The molecule has 4 aromatic rings. The molecule has 3 aromatic heterocycles. The number of pyridine rings is 1. The normalized spacial score (nSPS) is 27.8. The minimum Gasteiger partial charge on any atom is -0.461 e. The Labute approximate surface area is 254 Å². The van der Waals surface area contributed by atoms with Crippen LogP contribution >= 0.6 is 11.6 Å². The van der Waals surface area contributed by atoms with Crippen molar-refractivity contribution in [1.29, 1.82) is 0 Å². The van der Waals surface area contributed by atoms with Crippen LogP contribution in [-0.4, -0.2) is 85.3 Å². The molecule has 43 heavy (non-hydrogen) atoms. The van der Waals surface area contributed by atoms with Gasteiger partial charge in [0.2, 0.25) is 0 Å². The first-order valence-electron chi connectivity index (χ1n) is 15.5. The van der Waals surface area contributed by atoms with E-state index >= 15 is 0 Å². The molecule has 6 heterocycles. The molecule has 226 valence electrons. The van der Waals surface area contributed by atoms with Gasteiger partial charge < -0.3 is 14.7 Å². The van der Waals surface area contributed by atoms with Crippen LogP contribution in [0.1, 0.15) is 68.9 Å². The Morgan fingerprint density at radius 2 is 2.00 bits per heavy atom. The summed E-state index contributed by atoms with van der Waals surface area (Å²) < 4.78 is 20.9. The second kappa shape index (κ2) is 9.97. The summed E-state index contributed by atoms with van der Waals surface area (Å²) in [5.74, 6) is 1.12. The van der Waals surface area contributed by atoms with Crippen LogP contribution in [0.5, 0.6) is 6.01 Å². The first-order valence-corrected chi connectivity index (χ1v) is 15.9. The van der Waals surface area contributed by atoms with Crippen LogP contribution in [0, 0.1) is 6.92 Å². The second-order valence-electron chi connectivity index (χ2n) is 13.5. The van der Waals surface area contributed by atoms with E-state index in [2.05, 4.69) is 33.0 Å². The van der Waals surface area contributed by atoms with E-state index < -0.39 is 11.8 Å². The maximum absolute atomic E-state index is 14.5. The summed E-state index contributed by atoms with van der Waals surface area (Å²) in [4.78, 5) is 19.1. The van der Waals surface area contributed by atoms with Crippen molar-refractivity contribution in [2.24, 2.45) is 0 Å². The third-order valence-corrected chi connectivity index (χ3v) is 10.4. The molecule has 1 aliphatic carbocycles. The third kappa shape index (κ3) is 4.64. The lowest BCUT2D eigenvalue weighted by Gasteiger charge is -2.38. The number of aliphatic hydroxyl groups is 1. The predicted molar refractivity (Wildman–Crippen MR) is 165 cm³/mol. The van der Waals surface area contributed by atoms with Crippen LogP contribution in [0.2, 0.25) is 5.02 Å². The van der Waals surface area contributed by atoms with Crippen molar-refractivity contribution in [2.45, 2.75) is 82.0 Å². The summed E-state index contributed by atoms with van der Waals surface area (Å²) in [6.07, 6.45) is 9.05. The van der Waals surface area contributed by atoms with E-state index in [0.717, 1.165) is 68.1 Å². The highest BCUT2D eigenvalue weighted by Gasteiger charge is 2.49. The van der Waals surface area contributed by atoms with Crippen LogP contribution in [0.15, 0.2) is 18.5 Å². The van der Waals surface area contributed by atoms with Crippen LogP contribution in [-0.2, 0) is 0 Å². The van der Waals surface area contributed by atoms with Crippen molar-refractivity contribution >= 4 is 39.2 Å². The molecule has 0 spiro atoms. The molecule has 4 aliphatic rings. The van der Waals surface area contributed by atoms with Crippen LogP contribution in [0.25, 0.3) is 33.1 Å². The minimum absolute atomic E-state index is 0.218. The fourth-order valence-electron chi connectivity index (χ4n) is 7.95. The van der Waals surface area contributed by atoms with Crippen molar-refractivity contribution < 1.29 is 14.2 Å². The van der Waals surface area contributed by atoms with Gasteiger partial charge in [-0.1, -0.05) is 11.6 Å². The number of hydrogen-bond acceptors (Lipinski definition) is 8. The first-order chi connectivity index (χ1) is 20.7. The standard InChI is InChI=1S/C32H37ClFN7O2/c1-18-11-23-21(14-36-39-23)25(24(18)19-5-6-19)28-26(33)27-22(13-35-28)29(40-9-3-7-31(2,42)16-40)38-30(37-27)43-17-32-8-4-10-41(32)15-20(34)12-32/h11,13-14,19-20,42H,3-10,12,15-17H2,1-2H3,(H,36,39)/t20-,31-,32+/m1/s1. The summed E-state index contributed by atoms with van der Waals surface area (Å²) in [6, 6.07) is 2.37. The van der Waals surface area contributed by atoms with Gasteiger partial charge in [0.1, 0.15) is 24.1 Å². The average molecular weight is 606 g/mol. The zero-order valence-electron chi connectivity index (χ0n) is 24.7. The molecule has 0 bridgehead atoms. The molecule has 0 unspecified atom stereocenters. The fraction of sp³-hybridized carbons (Fsp3) is 0.562. The topological polar surface area (TPSA) is 103 Å². The number of alkyl halides is 1. The van der Waals surface area contributed by atoms with Gasteiger partial charge in [-0.2, -0.15) is 15.1 Å². The molecule has 2 N–H and O–H groups in total. The number of piperidine rings is 1. The van der Waals surface area contributed by atoms with E-state index in [1.165, 1.54) is 11.1 Å². The number of nitrogens with one attached hydrogen (secondary N) is 1. The number of halogens is 2. The van der Waals surface area contributed by atoms with Crippen molar-refractivity contribution in [3.63, 3.8) is 0 Å². The van der Waals surface area contributed by atoms with Crippen LogP contribution in [0.4, 0.5) is 10.2 Å². The van der Waals surface area contributed by atoms with E-state index in [1.54, 1.807) is 0 Å². The maximum Gasteiger partial charge on any atom is 0.319 e. The Kier molecular flexibility index (Phi) is 6.37. The summed E-state index contributed by atoms with van der Waals surface area (Å²) in [5, 5.41) is 20.6. The molecule has 0 amide bonds. The number of nitrogens with zero attached hydrogens (tertiary/aromatic N) is 6. The number of hydrogen-bond donors (Lipinski definition) is 2. The Morgan fingerprint density at radius 1 is 1.16 bits per heavy atom. The van der Waals surface area contributed by atoms with E-state index in [0.29, 0.717) is 59.5 Å². The fourth-order valence-corrected chi connectivity index (χ4v) is 8.23. The van der Waals surface area contributed by atoms with Gasteiger partial charge in [0, 0.05) is 43.2 Å². The smallest absolute Gasteiger partial charge is 0.319 e. The number of aromatic nitrogens is 5. The van der Waals surface area contributed by atoms with E-state index in [9.17, 15) is 9.50 Å². The molecule has 1 aromatic carbocycles. The van der Waals surface area contributed by atoms with Gasteiger partial charge in [0.25, 0.3) is 0 Å². The highest BCUT2D eigenvalue weighted by Crippen LogP contribution is 2.50. The number of anilines is 1. The summed E-state index contributed by atoms with van der Waals surface area (Å²) in [6.45, 7) is 6.83. The number of benzene rings is 1. The minimum atomic E-state index is -0.843. The van der Waals surface area contributed by atoms with Gasteiger partial charge in [-0.05, 0) is 82.0 Å². The lowest BCUT2D eigenvalue weighted by atomic mass is 9.92. The zero-order chi connectivity index (χ0) is 29.5. The number of aromatic amines is 1. The van der Waals surface area contributed by atoms with E-state index in [-0.39, 0.29) is 11.5 Å². The Morgan fingerprint density at radius 3 is 2.81 bits per heavy atom. The quantitative estimate of drug-likeness (QED) is 0.288. The van der Waals surface area contributed by atoms with E-state index in [4.69, 9.17) is 31.3 Å². The van der Waals surface area contributed by atoms with Crippen LogP contribution < -0.4 is 9.64 Å². The number of β-amino-alcohol motifs (C(OH)–C–C–N with tert-alkyl or cyclic N) is 1. The van der Waals surface area contributed by atoms with Crippen molar-refractivity contribution in [3.05, 3.63) is 34.6 Å². The molecule has 3 atom stereocenters. The highest BCUT2D eigenvalue weighted by atomic mass is 35.5. The molecular weight excluding hydrogens is 569 g/mol. The molecule has 4 fully saturated rings. The number of rotatable bonds is 6. The van der Waals surface area contributed by atoms with Crippen molar-refractivity contribution in [2.75, 3.05) is 37.7 Å². The number of fused-ring (bicyclic) bond motifs is 3. The zero-order valence-corrected chi connectivity index (χ0v) is 25.4. The van der Waals surface area contributed by atoms with Gasteiger partial charge in [-0.3, -0.25) is 15.0 Å². The third-order valence-electron chi connectivity index (χ3n) is 10.1. The summed E-state index contributed by atoms with van der Waals surface area (Å²) in [7, 11) is 0. The van der Waals surface area contributed by atoms with Gasteiger partial charge in [0.15, 0.2) is 0 Å². The first kappa shape index (κ1) is 27.5. The Balaban J connectivity index is 1.27. The molecular formula is C32H37ClFN7O2. The predicted octanol–water partition coefficient (Wildman–Crippen LogP) is 5.71. The molecule has 0 radical (unpaired) electrons. The number of H-pyrrole nitrogens is 1. The summed E-state index contributed by atoms with van der Waals surface area (Å²) >= 11 is 7.30. The molecule has 11 heteroatoms. The van der Waals surface area contributed by atoms with Crippen molar-refractivity contribution in [1.82, 2.24) is 30.0 Å².